The minimum Gasteiger partial charge on any atom is -0.495 e. The van der Waals surface area contributed by atoms with Crippen molar-refractivity contribution in [1.29, 1.82) is 0 Å². The van der Waals surface area contributed by atoms with E-state index in [1.165, 1.54) is 0 Å². The van der Waals surface area contributed by atoms with E-state index in [4.69, 9.17) is 21.2 Å². The van der Waals surface area contributed by atoms with Gasteiger partial charge < -0.3 is 19.8 Å². The van der Waals surface area contributed by atoms with E-state index in [2.05, 4.69) is 10.5 Å². The molecule has 0 aromatic heterocycles. The monoisotopic (exact) mass is 373 g/mol. The van der Waals surface area contributed by atoms with Crippen molar-refractivity contribution in [3.63, 3.8) is 0 Å². The Morgan fingerprint density at radius 3 is 2.77 bits per heavy atom. The second kappa shape index (κ2) is 8.10. The van der Waals surface area contributed by atoms with Crippen LogP contribution in [0.3, 0.4) is 0 Å². The molecule has 3 rings (SSSR count). The third-order valence-electron chi connectivity index (χ3n) is 4.08. The van der Waals surface area contributed by atoms with Crippen molar-refractivity contribution >= 4 is 29.0 Å². The van der Waals surface area contributed by atoms with E-state index >= 15 is 0 Å². The molecule has 26 heavy (non-hydrogen) atoms. The summed E-state index contributed by atoms with van der Waals surface area (Å²) in [6.45, 7) is 0.418. The van der Waals surface area contributed by atoms with Crippen molar-refractivity contribution in [2.24, 2.45) is 5.16 Å². The van der Waals surface area contributed by atoms with E-state index in [1.807, 2.05) is 36.4 Å². The zero-order valence-electron chi connectivity index (χ0n) is 14.6. The summed E-state index contributed by atoms with van der Waals surface area (Å²) in [6.07, 6.45) is 0.447. The summed E-state index contributed by atoms with van der Waals surface area (Å²) in [5, 5.41) is 7.65. The first kappa shape index (κ1) is 18.1. The number of urea groups is 1. The van der Waals surface area contributed by atoms with E-state index < -0.39 is 0 Å². The van der Waals surface area contributed by atoms with Gasteiger partial charge in [-0.25, -0.2) is 4.79 Å². The number of amides is 2. The lowest BCUT2D eigenvalue weighted by Gasteiger charge is -2.21. The van der Waals surface area contributed by atoms with E-state index in [9.17, 15) is 4.79 Å². The number of para-hydroxylation sites is 2. The fourth-order valence-electron chi connectivity index (χ4n) is 2.69. The summed E-state index contributed by atoms with van der Waals surface area (Å²) in [7, 11) is 3.28. The first-order valence-electron chi connectivity index (χ1n) is 8.20. The van der Waals surface area contributed by atoms with Crippen molar-refractivity contribution in [2.45, 2.75) is 12.5 Å². The fourth-order valence-corrected chi connectivity index (χ4v) is 2.81. The Labute approximate surface area is 157 Å². The summed E-state index contributed by atoms with van der Waals surface area (Å²) >= 11 is 5.91. The van der Waals surface area contributed by atoms with E-state index in [0.29, 0.717) is 29.4 Å². The van der Waals surface area contributed by atoms with Gasteiger partial charge in [-0.15, -0.1) is 0 Å². The molecule has 1 heterocycles. The fraction of sp³-hybridized carbons (Fsp3) is 0.263. The van der Waals surface area contributed by atoms with Crippen LogP contribution in [0.1, 0.15) is 12.0 Å². The second-order valence-corrected chi connectivity index (χ2v) is 6.42. The van der Waals surface area contributed by atoms with Crippen LogP contribution in [0.15, 0.2) is 53.7 Å². The number of nitrogens with one attached hydrogen (secondary N) is 1. The number of nitrogens with zero attached hydrogens (tertiary/aromatic N) is 2. The van der Waals surface area contributed by atoms with Gasteiger partial charge in [-0.05, 0) is 29.8 Å². The van der Waals surface area contributed by atoms with Gasteiger partial charge in [0.1, 0.15) is 5.75 Å². The summed E-state index contributed by atoms with van der Waals surface area (Å²) in [4.78, 5) is 19.5. The molecule has 2 amide bonds. The molecule has 0 aliphatic carbocycles. The molecule has 0 spiro atoms. The number of hydrogen-bond acceptors (Lipinski definition) is 4. The zero-order chi connectivity index (χ0) is 18.5. The van der Waals surface area contributed by atoms with E-state index in [-0.39, 0.29) is 12.1 Å². The van der Waals surface area contributed by atoms with Crippen molar-refractivity contribution in [3.05, 3.63) is 59.1 Å². The van der Waals surface area contributed by atoms with Crippen LogP contribution in [0.5, 0.6) is 5.75 Å². The second-order valence-electron chi connectivity index (χ2n) is 5.99. The number of methoxy groups -OCH3 is 1. The quantitative estimate of drug-likeness (QED) is 0.861. The predicted molar refractivity (Wildman–Crippen MR) is 102 cm³/mol. The van der Waals surface area contributed by atoms with Gasteiger partial charge in [0.2, 0.25) is 0 Å². The van der Waals surface area contributed by atoms with Crippen LogP contribution in [0.2, 0.25) is 5.02 Å². The van der Waals surface area contributed by atoms with Gasteiger partial charge in [0.05, 0.1) is 25.1 Å². The van der Waals surface area contributed by atoms with Gasteiger partial charge in [-0.2, -0.15) is 0 Å². The van der Waals surface area contributed by atoms with Crippen LogP contribution in [0.25, 0.3) is 0 Å². The number of benzene rings is 2. The van der Waals surface area contributed by atoms with Crippen LogP contribution in [0.4, 0.5) is 10.5 Å². The number of ether oxygens (including phenoxy) is 1. The number of halogens is 1. The summed E-state index contributed by atoms with van der Waals surface area (Å²) in [5.41, 5.74) is 2.44. The molecule has 136 valence electrons. The topological polar surface area (TPSA) is 63.2 Å². The van der Waals surface area contributed by atoms with Crippen LogP contribution >= 0.6 is 11.6 Å². The highest BCUT2D eigenvalue weighted by Crippen LogP contribution is 2.24. The molecule has 1 aliphatic heterocycles. The molecule has 0 bridgehead atoms. The number of carbonyl (C=O) groups excluding carboxylic acids is 1. The number of likely N-dealkylation sites (N-methyl/N-ethyl adjacent to an activating group) is 1. The third kappa shape index (κ3) is 4.26. The first-order chi connectivity index (χ1) is 12.6. The molecule has 2 aromatic rings. The number of rotatable bonds is 5. The van der Waals surface area contributed by atoms with Crippen molar-refractivity contribution < 1.29 is 14.4 Å². The first-order valence-corrected chi connectivity index (χ1v) is 8.58. The lowest BCUT2D eigenvalue weighted by Crippen LogP contribution is -2.37. The average molecular weight is 374 g/mol. The molecule has 1 aliphatic rings. The molecule has 0 saturated carbocycles. The number of anilines is 1. The minimum absolute atomic E-state index is 0.186. The van der Waals surface area contributed by atoms with Gasteiger partial charge in [0, 0.05) is 18.5 Å². The maximum absolute atomic E-state index is 12.4. The van der Waals surface area contributed by atoms with Crippen LogP contribution in [-0.2, 0) is 4.84 Å². The van der Waals surface area contributed by atoms with Gasteiger partial charge in [-0.3, -0.25) is 0 Å². The minimum atomic E-state index is -0.238. The van der Waals surface area contributed by atoms with Crippen LogP contribution in [0, 0.1) is 0 Å². The van der Waals surface area contributed by atoms with Crippen molar-refractivity contribution in [2.75, 3.05) is 26.0 Å². The zero-order valence-corrected chi connectivity index (χ0v) is 15.4. The molecular weight excluding hydrogens is 354 g/mol. The molecule has 1 N–H and O–H groups in total. The maximum atomic E-state index is 12.4. The molecule has 7 heteroatoms. The number of carbonyl (C=O) groups is 1. The Bertz CT molecular complexity index is 808. The Morgan fingerprint density at radius 2 is 2.04 bits per heavy atom. The summed E-state index contributed by atoms with van der Waals surface area (Å²) in [5.74, 6) is 0.611. The maximum Gasteiger partial charge on any atom is 0.321 e. The lowest BCUT2D eigenvalue weighted by molar-refractivity contribution is 0.0672. The summed E-state index contributed by atoms with van der Waals surface area (Å²) in [6, 6.07) is 14.5. The standard InChI is InChI=1S/C19H20ClN3O3/c1-23(19(24)21-16-5-3-4-6-18(16)25-2)12-15-11-17(22-26-15)13-7-9-14(20)10-8-13/h3-10,15H,11-12H2,1-2H3,(H,21,24). The SMILES string of the molecule is COc1ccccc1NC(=O)N(C)CC1CC(c2ccc(Cl)cc2)=NO1. The Morgan fingerprint density at radius 1 is 1.31 bits per heavy atom. The summed E-state index contributed by atoms with van der Waals surface area (Å²) < 4.78 is 5.25. The largest absolute Gasteiger partial charge is 0.495 e. The van der Waals surface area contributed by atoms with Gasteiger partial charge in [0.25, 0.3) is 0 Å². The molecule has 1 atom stereocenters. The number of hydrogen-bond donors (Lipinski definition) is 1. The number of oxime groups is 1. The Kier molecular flexibility index (Phi) is 5.63. The molecule has 0 radical (unpaired) electrons. The van der Waals surface area contributed by atoms with Crippen molar-refractivity contribution in [1.82, 2.24) is 4.90 Å². The molecule has 1 unspecified atom stereocenters. The predicted octanol–water partition coefficient (Wildman–Crippen LogP) is 4.01. The van der Waals surface area contributed by atoms with Crippen molar-refractivity contribution in [3.8, 4) is 5.75 Å². The van der Waals surface area contributed by atoms with Gasteiger partial charge in [-0.1, -0.05) is 41.0 Å². The molecule has 0 saturated heterocycles. The van der Waals surface area contributed by atoms with E-state index in [1.54, 1.807) is 31.2 Å². The normalized spacial score (nSPS) is 15.8. The Hall–Kier alpha value is -2.73. The molecule has 0 fully saturated rings. The Balaban J connectivity index is 1.54. The van der Waals surface area contributed by atoms with E-state index in [0.717, 1.165) is 11.3 Å². The smallest absolute Gasteiger partial charge is 0.321 e. The lowest BCUT2D eigenvalue weighted by atomic mass is 10.1. The average Bonchev–Trinajstić information content (AvgIpc) is 3.11. The highest BCUT2D eigenvalue weighted by atomic mass is 35.5. The third-order valence-corrected chi connectivity index (χ3v) is 4.34. The highest BCUT2D eigenvalue weighted by molar-refractivity contribution is 6.30. The van der Waals surface area contributed by atoms with Crippen LogP contribution in [-0.4, -0.2) is 43.4 Å². The molecular formula is C19H20ClN3O3. The van der Waals surface area contributed by atoms with Gasteiger partial charge in [0.15, 0.2) is 6.10 Å². The molecule has 2 aromatic carbocycles. The highest BCUT2D eigenvalue weighted by Gasteiger charge is 2.25. The van der Waals surface area contributed by atoms with Gasteiger partial charge >= 0.3 is 6.03 Å². The molecule has 6 nitrogen and oxygen atoms in total. The van der Waals surface area contributed by atoms with Crippen LogP contribution < -0.4 is 10.1 Å².